The molecule has 0 unspecified atom stereocenters. The zero-order valence-corrected chi connectivity index (χ0v) is 12.5. The molecule has 0 fully saturated rings. The van der Waals surface area contributed by atoms with Gasteiger partial charge in [0.05, 0.1) is 19.3 Å². The minimum atomic E-state index is -0.460. The standard InChI is InChI=1S/C15H19N3O3/c1-4-12-14(15(19)20-3)16-17-18(12)9-10-21-13-8-6-5-7-11(13)2/h5-8H,4,9-10H2,1-3H3. The van der Waals surface area contributed by atoms with Gasteiger partial charge < -0.3 is 9.47 Å². The fraction of sp³-hybridized carbons (Fsp3) is 0.400. The van der Waals surface area contributed by atoms with Gasteiger partial charge in [0.2, 0.25) is 0 Å². The summed E-state index contributed by atoms with van der Waals surface area (Å²) in [5.74, 6) is 0.391. The van der Waals surface area contributed by atoms with Gasteiger partial charge >= 0.3 is 5.97 Å². The minimum Gasteiger partial charge on any atom is -0.491 e. The molecule has 0 saturated heterocycles. The number of hydrogen-bond donors (Lipinski definition) is 0. The van der Waals surface area contributed by atoms with Crippen molar-refractivity contribution in [1.82, 2.24) is 15.0 Å². The Morgan fingerprint density at radius 2 is 2.10 bits per heavy atom. The van der Waals surface area contributed by atoms with E-state index in [1.165, 1.54) is 7.11 Å². The van der Waals surface area contributed by atoms with Gasteiger partial charge in [-0.25, -0.2) is 9.48 Å². The summed E-state index contributed by atoms with van der Waals surface area (Å²) < 4.78 is 12.1. The van der Waals surface area contributed by atoms with Gasteiger partial charge in [0, 0.05) is 0 Å². The number of carbonyl (C=O) groups is 1. The SMILES string of the molecule is CCc1c(C(=O)OC)nnn1CCOc1ccccc1C. The van der Waals surface area contributed by atoms with Gasteiger partial charge in [-0.1, -0.05) is 30.3 Å². The van der Waals surface area contributed by atoms with Crippen LogP contribution in [0.25, 0.3) is 0 Å². The lowest BCUT2D eigenvalue weighted by Crippen LogP contribution is -2.14. The maximum Gasteiger partial charge on any atom is 0.360 e. The van der Waals surface area contributed by atoms with E-state index in [4.69, 9.17) is 9.47 Å². The first kappa shape index (κ1) is 15.0. The minimum absolute atomic E-state index is 0.274. The predicted octanol–water partition coefficient (Wildman–Crippen LogP) is 2.01. The quantitative estimate of drug-likeness (QED) is 0.761. The maximum absolute atomic E-state index is 11.6. The lowest BCUT2D eigenvalue weighted by Gasteiger charge is -2.10. The summed E-state index contributed by atoms with van der Waals surface area (Å²) in [6.07, 6.45) is 0.655. The smallest absolute Gasteiger partial charge is 0.360 e. The predicted molar refractivity (Wildman–Crippen MR) is 77.4 cm³/mol. The number of para-hydroxylation sites is 1. The van der Waals surface area contributed by atoms with E-state index in [2.05, 4.69) is 10.3 Å². The lowest BCUT2D eigenvalue weighted by atomic mass is 10.2. The number of nitrogens with zero attached hydrogens (tertiary/aromatic N) is 3. The number of esters is 1. The highest BCUT2D eigenvalue weighted by atomic mass is 16.5. The van der Waals surface area contributed by atoms with Crippen molar-refractivity contribution < 1.29 is 14.3 Å². The molecule has 0 saturated carbocycles. The van der Waals surface area contributed by atoms with Crippen LogP contribution < -0.4 is 4.74 Å². The number of aromatic nitrogens is 3. The normalized spacial score (nSPS) is 10.4. The molecule has 0 aliphatic heterocycles. The number of benzene rings is 1. The molecule has 0 bridgehead atoms. The van der Waals surface area contributed by atoms with Gasteiger partial charge in [0.1, 0.15) is 12.4 Å². The van der Waals surface area contributed by atoms with Gasteiger partial charge in [-0.2, -0.15) is 0 Å². The van der Waals surface area contributed by atoms with Crippen LogP contribution in [0.4, 0.5) is 0 Å². The molecular weight excluding hydrogens is 270 g/mol. The maximum atomic E-state index is 11.6. The fourth-order valence-corrected chi connectivity index (χ4v) is 2.08. The zero-order chi connectivity index (χ0) is 15.2. The van der Waals surface area contributed by atoms with E-state index in [1.54, 1.807) is 4.68 Å². The summed E-state index contributed by atoms with van der Waals surface area (Å²) in [7, 11) is 1.34. The average molecular weight is 289 g/mol. The highest BCUT2D eigenvalue weighted by Gasteiger charge is 2.18. The van der Waals surface area contributed by atoms with Crippen LogP contribution in [0.15, 0.2) is 24.3 Å². The van der Waals surface area contributed by atoms with Crippen LogP contribution in [0.5, 0.6) is 5.75 Å². The second-order valence-electron chi connectivity index (χ2n) is 4.57. The van der Waals surface area contributed by atoms with Crippen molar-refractivity contribution in [3.8, 4) is 5.75 Å². The Balaban J connectivity index is 2.02. The van der Waals surface area contributed by atoms with Gasteiger partial charge in [0.15, 0.2) is 5.69 Å². The molecule has 2 aromatic rings. The van der Waals surface area contributed by atoms with Crippen molar-refractivity contribution in [2.75, 3.05) is 13.7 Å². The van der Waals surface area contributed by atoms with E-state index < -0.39 is 5.97 Å². The molecule has 1 aromatic carbocycles. The molecule has 0 radical (unpaired) electrons. The van der Waals surface area contributed by atoms with Crippen molar-refractivity contribution >= 4 is 5.97 Å². The van der Waals surface area contributed by atoms with Crippen LogP contribution in [0.2, 0.25) is 0 Å². The third kappa shape index (κ3) is 3.39. The Morgan fingerprint density at radius 3 is 2.76 bits per heavy atom. The largest absolute Gasteiger partial charge is 0.491 e. The Morgan fingerprint density at radius 1 is 1.33 bits per heavy atom. The van der Waals surface area contributed by atoms with Gasteiger partial charge in [0.25, 0.3) is 0 Å². The van der Waals surface area contributed by atoms with Crippen molar-refractivity contribution in [3.05, 3.63) is 41.2 Å². The number of carbonyl (C=O) groups excluding carboxylic acids is 1. The van der Waals surface area contributed by atoms with Crippen LogP contribution in [0.3, 0.4) is 0 Å². The van der Waals surface area contributed by atoms with E-state index in [0.29, 0.717) is 19.6 Å². The van der Waals surface area contributed by atoms with Crippen LogP contribution in [-0.2, 0) is 17.7 Å². The summed E-state index contributed by atoms with van der Waals surface area (Å²) in [4.78, 5) is 11.6. The summed E-state index contributed by atoms with van der Waals surface area (Å²) in [6, 6.07) is 7.83. The highest BCUT2D eigenvalue weighted by molar-refractivity contribution is 5.88. The molecule has 2 rings (SSSR count). The van der Waals surface area contributed by atoms with E-state index in [0.717, 1.165) is 17.0 Å². The first-order valence-corrected chi connectivity index (χ1v) is 6.86. The second kappa shape index (κ2) is 6.88. The van der Waals surface area contributed by atoms with Gasteiger partial charge in [-0.15, -0.1) is 5.10 Å². The van der Waals surface area contributed by atoms with E-state index in [1.807, 2.05) is 38.1 Å². The summed E-state index contributed by atoms with van der Waals surface area (Å²) in [6.45, 7) is 4.94. The molecule has 0 atom stereocenters. The summed E-state index contributed by atoms with van der Waals surface area (Å²) in [5, 5.41) is 7.88. The highest BCUT2D eigenvalue weighted by Crippen LogP contribution is 2.16. The van der Waals surface area contributed by atoms with Gasteiger partial charge in [-0.3, -0.25) is 0 Å². The number of aryl methyl sites for hydroxylation is 1. The summed E-state index contributed by atoms with van der Waals surface area (Å²) in [5.41, 5.74) is 2.12. The summed E-state index contributed by atoms with van der Waals surface area (Å²) >= 11 is 0. The lowest BCUT2D eigenvalue weighted by molar-refractivity contribution is 0.0592. The molecular formula is C15H19N3O3. The molecule has 1 heterocycles. The topological polar surface area (TPSA) is 66.2 Å². The monoisotopic (exact) mass is 289 g/mol. The Hall–Kier alpha value is -2.37. The Labute approximate surface area is 123 Å². The number of hydrogen-bond acceptors (Lipinski definition) is 5. The molecule has 21 heavy (non-hydrogen) atoms. The number of rotatable bonds is 6. The van der Waals surface area contributed by atoms with Crippen LogP contribution >= 0.6 is 0 Å². The average Bonchev–Trinajstić information content (AvgIpc) is 2.91. The van der Waals surface area contributed by atoms with Crippen LogP contribution in [0, 0.1) is 6.92 Å². The number of ether oxygens (including phenoxy) is 2. The molecule has 6 nitrogen and oxygen atoms in total. The molecule has 0 amide bonds. The van der Waals surface area contributed by atoms with Crippen molar-refractivity contribution in [2.45, 2.75) is 26.8 Å². The third-order valence-electron chi connectivity index (χ3n) is 3.21. The van der Waals surface area contributed by atoms with Crippen LogP contribution in [-0.4, -0.2) is 34.7 Å². The second-order valence-corrected chi connectivity index (χ2v) is 4.57. The first-order valence-electron chi connectivity index (χ1n) is 6.86. The zero-order valence-electron chi connectivity index (χ0n) is 12.5. The molecule has 1 aromatic heterocycles. The molecule has 112 valence electrons. The molecule has 0 spiro atoms. The first-order chi connectivity index (χ1) is 10.2. The van der Waals surface area contributed by atoms with Crippen molar-refractivity contribution in [3.63, 3.8) is 0 Å². The van der Waals surface area contributed by atoms with Crippen LogP contribution in [0.1, 0.15) is 28.7 Å². The Kier molecular flexibility index (Phi) is 4.92. The Bertz CT molecular complexity index is 622. The van der Waals surface area contributed by atoms with Gasteiger partial charge in [-0.05, 0) is 25.0 Å². The molecule has 0 N–H and O–H groups in total. The van der Waals surface area contributed by atoms with E-state index in [9.17, 15) is 4.79 Å². The van der Waals surface area contributed by atoms with E-state index in [-0.39, 0.29) is 5.69 Å². The molecule has 0 aliphatic rings. The number of methoxy groups -OCH3 is 1. The molecule has 0 aliphatic carbocycles. The fourth-order valence-electron chi connectivity index (χ4n) is 2.08. The third-order valence-corrected chi connectivity index (χ3v) is 3.21. The molecule has 6 heteroatoms. The van der Waals surface area contributed by atoms with E-state index >= 15 is 0 Å². The van der Waals surface area contributed by atoms with Crippen molar-refractivity contribution in [2.24, 2.45) is 0 Å². The van der Waals surface area contributed by atoms with Crippen molar-refractivity contribution in [1.29, 1.82) is 0 Å².